The molecule has 0 saturated heterocycles. The van der Waals surface area contributed by atoms with E-state index < -0.39 is 0 Å². The molecular weight excluding hydrogens is 266 g/mol. The van der Waals surface area contributed by atoms with Crippen LogP contribution in [0.3, 0.4) is 0 Å². The summed E-state index contributed by atoms with van der Waals surface area (Å²) in [5, 5.41) is 7.79. The molecule has 104 valence electrons. The average molecular weight is 284 g/mol. The Morgan fingerprint density at radius 3 is 3.05 bits per heavy atom. The minimum Gasteiger partial charge on any atom is -0.379 e. The van der Waals surface area contributed by atoms with Gasteiger partial charge in [0.25, 0.3) is 5.78 Å². The number of halogens is 1. The summed E-state index contributed by atoms with van der Waals surface area (Å²) in [4.78, 5) is 8.08. The highest BCUT2D eigenvalue weighted by Gasteiger charge is 2.05. The maximum absolute atomic E-state index is 5.93. The van der Waals surface area contributed by atoms with E-state index in [2.05, 4.69) is 20.4 Å². The van der Waals surface area contributed by atoms with Crippen LogP contribution >= 0.6 is 11.6 Å². The molecule has 2 heterocycles. The minimum atomic E-state index is 0.293. The number of nitrogens with one attached hydrogen (secondary N) is 1. The highest BCUT2D eigenvalue weighted by Crippen LogP contribution is 2.14. The number of anilines is 1. The number of rotatable bonds is 7. The molecule has 0 atom stereocenters. The zero-order valence-corrected chi connectivity index (χ0v) is 11.9. The van der Waals surface area contributed by atoms with Crippen LogP contribution in [-0.4, -0.2) is 38.8 Å². The molecule has 0 fully saturated rings. The molecule has 2 aromatic heterocycles. The first-order chi connectivity index (χ1) is 9.16. The first kappa shape index (κ1) is 14.0. The Bertz CT molecular complexity index is 528. The summed E-state index contributed by atoms with van der Waals surface area (Å²) in [7, 11) is 0. The van der Waals surface area contributed by atoms with Crippen LogP contribution in [0.2, 0.25) is 5.15 Å². The summed E-state index contributed by atoms with van der Waals surface area (Å²) in [5.74, 6) is 1.30. The molecule has 0 bridgehead atoms. The highest BCUT2D eigenvalue weighted by molar-refractivity contribution is 6.29. The first-order valence-electron chi connectivity index (χ1n) is 6.38. The Labute approximate surface area is 117 Å². The van der Waals surface area contributed by atoms with Gasteiger partial charge in [-0.25, -0.2) is 0 Å². The summed E-state index contributed by atoms with van der Waals surface area (Å²) >= 11 is 5.93. The molecule has 0 spiro atoms. The Morgan fingerprint density at radius 1 is 1.42 bits per heavy atom. The van der Waals surface area contributed by atoms with Crippen LogP contribution in [0.4, 0.5) is 5.82 Å². The minimum absolute atomic E-state index is 0.293. The Balaban J connectivity index is 1.83. The lowest BCUT2D eigenvalue weighted by Crippen LogP contribution is -2.09. The maximum Gasteiger partial charge on any atom is 0.255 e. The molecule has 2 rings (SSSR count). The standard InChI is InChI=1S/C12H18ClN5O/c1-9(2)19-6-4-3-5-14-11-7-10(13)17-12-15-8-16-18(11)12/h7-9,14H,3-6H2,1-2H3. The van der Waals surface area contributed by atoms with E-state index in [1.807, 2.05) is 13.8 Å². The van der Waals surface area contributed by atoms with E-state index in [1.165, 1.54) is 6.33 Å². The summed E-state index contributed by atoms with van der Waals surface area (Å²) in [6.45, 7) is 5.70. The van der Waals surface area contributed by atoms with Crippen LogP contribution < -0.4 is 5.32 Å². The van der Waals surface area contributed by atoms with Gasteiger partial charge in [-0.3, -0.25) is 0 Å². The van der Waals surface area contributed by atoms with E-state index in [4.69, 9.17) is 16.3 Å². The number of hydrogen-bond donors (Lipinski definition) is 1. The maximum atomic E-state index is 5.93. The second-order valence-electron chi connectivity index (χ2n) is 4.49. The second kappa shape index (κ2) is 6.68. The van der Waals surface area contributed by atoms with Crippen LogP contribution in [0.5, 0.6) is 0 Å². The third-order valence-corrected chi connectivity index (χ3v) is 2.74. The van der Waals surface area contributed by atoms with Gasteiger partial charge in [-0.15, -0.1) is 0 Å². The lowest BCUT2D eigenvalue weighted by molar-refractivity contribution is 0.0765. The van der Waals surface area contributed by atoms with E-state index in [0.717, 1.165) is 31.8 Å². The third-order valence-electron chi connectivity index (χ3n) is 2.55. The van der Waals surface area contributed by atoms with Crippen LogP contribution in [0, 0.1) is 0 Å². The van der Waals surface area contributed by atoms with E-state index >= 15 is 0 Å². The smallest absolute Gasteiger partial charge is 0.255 e. The van der Waals surface area contributed by atoms with Crippen molar-refractivity contribution in [3.8, 4) is 0 Å². The fourth-order valence-corrected chi connectivity index (χ4v) is 1.85. The van der Waals surface area contributed by atoms with Gasteiger partial charge in [-0.1, -0.05) is 11.6 Å². The zero-order chi connectivity index (χ0) is 13.7. The number of hydrogen-bond acceptors (Lipinski definition) is 5. The monoisotopic (exact) mass is 283 g/mol. The zero-order valence-electron chi connectivity index (χ0n) is 11.1. The molecule has 0 saturated carbocycles. The molecule has 19 heavy (non-hydrogen) atoms. The van der Waals surface area contributed by atoms with Gasteiger partial charge in [0.2, 0.25) is 0 Å². The van der Waals surface area contributed by atoms with Gasteiger partial charge in [0.15, 0.2) is 0 Å². The van der Waals surface area contributed by atoms with Crippen molar-refractivity contribution in [2.75, 3.05) is 18.5 Å². The Kier molecular flexibility index (Phi) is 4.93. The van der Waals surface area contributed by atoms with E-state index in [9.17, 15) is 0 Å². The van der Waals surface area contributed by atoms with Crippen LogP contribution in [0.25, 0.3) is 5.78 Å². The Hall–Kier alpha value is -1.40. The van der Waals surface area contributed by atoms with Gasteiger partial charge >= 0.3 is 0 Å². The molecule has 1 N–H and O–H groups in total. The quantitative estimate of drug-likeness (QED) is 0.624. The van der Waals surface area contributed by atoms with Crippen molar-refractivity contribution >= 4 is 23.2 Å². The average Bonchev–Trinajstić information content (AvgIpc) is 2.80. The number of nitrogens with zero attached hydrogens (tertiary/aromatic N) is 4. The summed E-state index contributed by atoms with van der Waals surface area (Å²) in [6, 6.07) is 1.74. The molecule has 0 unspecified atom stereocenters. The predicted octanol–water partition coefficient (Wildman–Crippen LogP) is 2.39. The van der Waals surface area contributed by atoms with Gasteiger partial charge in [0, 0.05) is 19.2 Å². The van der Waals surface area contributed by atoms with Crippen molar-refractivity contribution in [1.29, 1.82) is 0 Å². The fraction of sp³-hybridized carbons (Fsp3) is 0.583. The topological polar surface area (TPSA) is 64.3 Å². The van der Waals surface area contributed by atoms with Crippen LogP contribution in [0.15, 0.2) is 12.4 Å². The van der Waals surface area contributed by atoms with E-state index in [1.54, 1.807) is 10.6 Å². The molecule has 0 aromatic carbocycles. The van der Waals surface area contributed by atoms with Gasteiger partial charge < -0.3 is 10.1 Å². The van der Waals surface area contributed by atoms with E-state index in [0.29, 0.717) is 17.0 Å². The summed E-state index contributed by atoms with van der Waals surface area (Å²) in [5.41, 5.74) is 0. The van der Waals surface area contributed by atoms with Gasteiger partial charge in [-0.05, 0) is 26.7 Å². The number of fused-ring (bicyclic) bond motifs is 1. The molecule has 2 aromatic rings. The highest BCUT2D eigenvalue weighted by atomic mass is 35.5. The molecule has 0 amide bonds. The van der Waals surface area contributed by atoms with E-state index in [-0.39, 0.29) is 0 Å². The first-order valence-corrected chi connectivity index (χ1v) is 6.76. The summed E-state index contributed by atoms with van der Waals surface area (Å²) in [6.07, 6.45) is 3.79. The third kappa shape index (κ3) is 4.04. The normalized spacial score (nSPS) is 11.4. The van der Waals surface area contributed by atoms with Crippen LogP contribution in [-0.2, 0) is 4.74 Å². The van der Waals surface area contributed by atoms with Gasteiger partial charge in [0.05, 0.1) is 6.10 Å². The SMILES string of the molecule is CC(C)OCCCCNc1cc(Cl)nc2ncnn12. The second-order valence-corrected chi connectivity index (χ2v) is 4.88. The predicted molar refractivity (Wildman–Crippen MR) is 74.6 cm³/mol. The lowest BCUT2D eigenvalue weighted by atomic mass is 10.3. The fourth-order valence-electron chi connectivity index (χ4n) is 1.67. The molecule has 0 radical (unpaired) electrons. The number of ether oxygens (including phenoxy) is 1. The van der Waals surface area contributed by atoms with Gasteiger partial charge in [0.1, 0.15) is 17.3 Å². The lowest BCUT2D eigenvalue weighted by Gasteiger charge is -2.09. The van der Waals surface area contributed by atoms with Crippen molar-refractivity contribution < 1.29 is 4.74 Å². The molecule has 7 heteroatoms. The Morgan fingerprint density at radius 2 is 2.26 bits per heavy atom. The summed E-state index contributed by atoms with van der Waals surface area (Å²) < 4.78 is 7.12. The molecule has 0 aliphatic heterocycles. The van der Waals surface area contributed by atoms with Crippen molar-refractivity contribution in [2.45, 2.75) is 32.8 Å². The number of aromatic nitrogens is 4. The molecule has 6 nitrogen and oxygen atoms in total. The molecule has 0 aliphatic rings. The van der Waals surface area contributed by atoms with Crippen molar-refractivity contribution in [2.24, 2.45) is 0 Å². The van der Waals surface area contributed by atoms with Crippen LogP contribution in [0.1, 0.15) is 26.7 Å². The van der Waals surface area contributed by atoms with Crippen molar-refractivity contribution in [3.05, 3.63) is 17.5 Å². The van der Waals surface area contributed by atoms with Crippen molar-refractivity contribution in [3.63, 3.8) is 0 Å². The largest absolute Gasteiger partial charge is 0.379 e. The van der Waals surface area contributed by atoms with Crippen molar-refractivity contribution in [1.82, 2.24) is 19.6 Å². The molecular formula is C12H18ClN5O. The number of unbranched alkanes of at least 4 members (excludes halogenated alkanes) is 1. The van der Waals surface area contributed by atoms with Gasteiger partial charge in [-0.2, -0.15) is 19.6 Å². The molecule has 0 aliphatic carbocycles.